The van der Waals surface area contributed by atoms with Gasteiger partial charge in [0.2, 0.25) is 12.7 Å². The van der Waals surface area contributed by atoms with Crippen molar-refractivity contribution in [3.05, 3.63) is 45.9 Å². The average Bonchev–Trinajstić information content (AvgIpc) is 3.23. The zero-order valence-corrected chi connectivity index (χ0v) is 17.2. The largest absolute Gasteiger partial charge is 0.507 e. The maximum absolute atomic E-state index is 13.7. The molecule has 7 heteroatoms. The Hall–Kier alpha value is -2.25. The number of carbonyl (C=O) groups is 1. The first kappa shape index (κ1) is 19.1. The molecule has 2 N–H and O–H groups in total. The van der Waals surface area contributed by atoms with E-state index in [0.29, 0.717) is 33.6 Å². The van der Waals surface area contributed by atoms with E-state index >= 15 is 0 Å². The van der Waals surface area contributed by atoms with E-state index in [-0.39, 0.29) is 18.4 Å². The number of carbonyl (C=O) groups excluding carboxylic acids is 1. The Morgan fingerprint density at radius 1 is 1.21 bits per heavy atom. The molecular weight excluding hydrogens is 426 g/mol. The Labute approximate surface area is 171 Å². The fourth-order valence-corrected chi connectivity index (χ4v) is 4.80. The molecule has 1 unspecified atom stereocenters. The van der Waals surface area contributed by atoms with Crippen LogP contribution in [0.2, 0.25) is 0 Å². The fourth-order valence-electron chi connectivity index (χ4n) is 4.10. The van der Waals surface area contributed by atoms with Crippen LogP contribution >= 0.6 is 15.9 Å². The second kappa shape index (κ2) is 7.29. The molecule has 0 spiro atoms. The van der Waals surface area contributed by atoms with Crippen LogP contribution < -0.4 is 14.4 Å². The van der Waals surface area contributed by atoms with Gasteiger partial charge in [0.25, 0.3) is 0 Å². The molecule has 0 radical (unpaired) electrons. The predicted octanol–water partition coefficient (Wildman–Crippen LogP) is 3.70. The fraction of sp³-hybridized carbons (Fsp3) is 0.381. The number of benzene rings is 2. The number of phenolic OH excluding ortho intramolecular Hbond substituents is 1. The zero-order valence-electron chi connectivity index (χ0n) is 15.6. The number of rotatable bonds is 6. The lowest BCUT2D eigenvalue weighted by Gasteiger charge is -2.28. The summed E-state index contributed by atoms with van der Waals surface area (Å²) in [4.78, 5) is 15.4. The number of halogens is 1. The molecule has 4 rings (SSSR count). The maximum atomic E-state index is 13.7. The van der Waals surface area contributed by atoms with E-state index in [1.165, 1.54) is 6.07 Å². The standard InChI is InChI=1S/C21H22BrNO5/c1-2-3-4-8-23-15-7-5-6-14(22)19(15)21(11-24,20(23)26)13-9-17-18(10-16(13)25)28-12-27-17/h5-7,9-10,24-25H,2-4,8,11-12H2,1H3. The normalized spacial score (nSPS) is 20.0. The topological polar surface area (TPSA) is 79.2 Å². The molecule has 0 saturated heterocycles. The van der Waals surface area contributed by atoms with Crippen LogP contribution in [0.25, 0.3) is 0 Å². The summed E-state index contributed by atoms with van der Waals surface area (Å²) in [6, 6.07) is 8.64. The van der Waals surface area contributed by atoms with Crippen LogP contribution in [0.3, 0.4) is 0 Å². The van der Waals surface area contributed by atoms with Crippen molar-refractivity contribution in [2.45, 2.75) is 31.6 Å². The second-order valence-corrected chi connectivity index (χ2v) is 7.94. The molecule has 28 heavy (non-hydrogen) atoms. The number of aliphatic hydroxyl groups is 1. The molecule has 0 bridgehead atoms. The second-order valence-electron chi connectivity index (χ2n) is 7.08. The van der Waals surface area contributed by atoms with Crippen LogP contribution in [0.15, 0.2) is 34.8 Å². The summed E-state index contributed by atoms with van der Waals surface area (Å²) < 4.78 is 11.5. The molecular formula is C21H22BrNO5. The first-order valence-electron chi connectivity index (χ1n) is 9.39. The Kier molecular flexibility index (Phi) is 4.97. The van der Waals surface area contributed by atoms with Crippen molar-refractivity contribution in [1.82, 2.24) is 0 Å². The van der Waals surface area contributed by atoms with Crippen LogP contribution in [0.4, 0.5) is 5.69 Å². The zero-order chi connectivity index (χ0) is 19.9. The highest BCUT2D eigenvalue weighted by Gasteiger charge is 2.54. The Balaban J connectivity index is 1.91. The smallest absolute Gasteiger partial charge is 0.244 e. The minimum absolute atomic E-state index is 0.0573. The number of fused-ring (bicyclic) bond motifs is 2. The van der Waals surface area contributed by atoms with Crippen molar-refractivity contribution >= 4 is 27.5 Å². The van der Waals surface area contributed by atoms with E-state index in [9.17, 15) is 15.0 Å². The summed E-state index contributed by atoms with van der Waals surface area (Å²) in [6.45, 7) is 2.25. The molecule has 2 aliphatic heterocycles. The lowest BCUT2D eigenvalue weighted by molar-refractivity contribution is -0.123. The van der Waals surface area contributed by atoms with Gasteiger partial charge in [0, 0.05) is 33.9 Å². The molecule has 6 nitrogen and oxygen atoms in total. The Morgan fingerprint density at radius 3 is 2.68 bits per heavy atom. The number of aromatic hydroxyl groups is 1. The number of phenols is 1. The van der Waals surface area contributed by atoms with Crippen molar-refractivity contribution in [3.63, 3.8) is 0 Å². The van der Waals surface area contributed by atoms with Crippen molar-refractivity contribution in [2.24, 2.45) is 0 Å². The third-order valence-corrected chi connectivity index (χ3v) is 6.15. The van der Waals surface area contributed by atoms with Crippen molar-refractivity contribution in [2.75, 3.05) is 24.8 Å². The quantitative estimate of drug-likeness (QED) is 0.659. The molecule has 2 aromatic carbocycles. The Morgan fingerprint density at radius 2 is 1.96 bits per heavy atom. The SMILES string of the molecule is CCCCCN1C(=O)C(CO)(c2cc3c(cc2O)OCO3)c2c(Br)cccc21. The van der Waals surface area contributed by atoms with E-state index in [4.69, 9.17) is 9.47 Å². The van der Waals surface area contributed by atoms with E-state index in [1.54, 1.807) is 11.0 Å². The highest BCUT2D eigenvalue weighted by atomic mass is 79.9. The summed E-state index contributed by atoms with van der Waals surface area (Å²) >= 11 is 3.56. The molecule has 0 aromatic heterocycles. The molecule has 2 aromatic rings. The summed E-state index contributed by atoms with van der Waals surface area (Å²) in [5.74, 6) is 0.518. The number of hydrogen-bond acceptors (Lipinski definition) is 5. The molecule has 1 amide bonds. The van der Waals surface area contributed by atoms with Crippen LogP contribution in [0.5, 0.6) is 17.2 Å². The van der Waals surface area contributed by atoms with Gasteiger partial charge in [-0.05, 0) is 24.6 Å². The van der Waals surface area contributed by atoms with E-state index < -0.39 is 12.0 Å². The number of anilines is 1. The van der Waals surface area contributed by atoms with Gasteiger partial charge in [0.05, 0.1) is 6.61 Å². The first-order chi connectivity index (χ1) is 13.5. The van der Waals surface area contributed by atoms with Gasteiger partial charge < -0.3 is 24.6 Å². The number of unbranched alkanes of at least 4 members (excludes halogenated alkanes) is 2. The number of hydrogen-bond donors (Lipinski definition) is 2. The molecule has 1 atom stereocenters. The molecule has 2 aliphatic rings. The van der Waals surface area contributed by atoms with Gasteiger partial charge in [-0.2, -0.15) is 0 Å². The van der Waals surface area contributed by atoms with Crippen LogP contribution in [-0.2, 0) is 10.2 Å². The van der Waals surface area contributed by atoms with Crippen molar-refractivity contribution in [3.8, 4) is 17.2 Å². The highest BCUT2D eigenvalue weighted by molar-refractivity contribution is 9.10. The summed E-state index contributed by atoms with van der Waals surface area (Å²) in [5.41, 5.74) is 0.317. The van der Waals surface area contributed by atoms with Crippen LogP contribution in [-0.4, -0.2) is 36.1 Å². The third kappa shape index (κ3) is 2.68. The summed E-state index contributed by atoms with van der Waals surface area (Å²) in [5, 5.41) is 21.3. The maximum Gasteiger partial charge on any atom is 0.244 e. The molecule has 0 fully saturated rings. The lowest BCUT2D eigenvalue weighted by Crippen LogP contribution is -2.44. The van der Waals surface area contributed by atoms with Gasteiger partial charge in [-0.1, -0.05) is 41.8 Å². The van der Waals surface area contributed by atoms with Crippen LogP contribution in [0, 0.1) is 0 Å². The summed E-state index contributed by atoms with van der Waals surface area (Å²) in [7, 11) is 0. The lowest BCUT2D eigenvalue weighted by atomic mass is 9.75. The van der Waals surface area contributed by atoms with Gasteiger partial charge in [-0.25, -0.2) is 0 Å². The number of amides is 1. The van der Waals surface area contributed by atoms with E-state index in [2.05, 4.69) is 22.9 Å². The van der Waals surface area contributed by atoms with E-state index in [1.807, 2.05) is 18.2 Å². The summed E-state index contributed by atoms with van der Waals surface area (Å²) in [6.07, 6.45) is 2.92. The number of aliphatic hydroxyl groups excluding tert-OH is 1. The molecule has 148 valence electrons. The van der Waals surface area contributed by atoms with Gasteiger partial charge in [-0.3, -0.25) is 4.79 Å². The van der Waals surface area contributed by atoms with Crippen LogP contribution in [0.1, 0.15) is 37.3 Å². The van der Waals surface area contributed by atoms with Gasteiger partial charge in [0.1, 0.15) is 11.2 Å². The minimum Gasteiger partial charge on any atom is -0.507 e. The van der Waals surface area contributed by atoms with Gasteiger partial charge >= 0.3 is 0 Å². The Bertz CT molecular complexity index is 931. The predicted molar refractivity (Wildman–Crippen MR) is 108 cm³/mol. The molecule has 0 saturated carbocycles. The van der Waals surface area contributed by atoms with Crippen molar-refractivity contribution in [1.29, 1.82) is 0 Å². The van der Waals surface area contributed by atoms with E-state index in [0.717, 1.165) is 24.9 Å². The molecule has 0 aliphatic carbocycles. The average molecular weight is 448 g/mol. The highest BCUT2D eigenvalue weighted by Crippen LogP contribution is 2.53. The first-order valence-corrected chi connectivity index (χ1v) is 10.2. The minimum atomic E-state index is -1.41. The van der Waals surface area contributed by atoms with Gasteiger partial charge in [0.15, 0.2) is 11.5 Å². The van der Waals surface area contributed by atoms with Crippen molar-refractivity contribution < 1.29 is 24.5 Å². The number of nitrogens with zero attached hydrogens (tertiary/aromatic N) is 1. The van der Waals surface area contributed by atoms with Gasteiger partial charge in [-0.15, -0.1) is 0 Å². The third-order valence-electron chi connectivity index (χ3n) is 5.49. The monoisotopic (exact) mass is 447 g/mol. The number of ether oxygens (including phenoxy) is 2. The molecule has 2 heterocycles.